The normalized spacial score (nSPS) is 11.6. The van der Waals surface area contributed by atoms with Crippen LogP contribution in [-0.2, 0) is 0 Å². The lowest BCUT2D eigenvalue weighted by Crippen LogP contribution is -1.99. The van der Waals surface area contributed by atoms with Gasteiger partial charge in [0.1, 0.15) is 5.75 Å². The van der Waals surface area contributed by atoms with Crippen molar-refractivity contribution in [2.75, 3.05) is 6.61 Å². The number of nitrogens with zero attached hydrogens (tertiary/aromatic N) is 1. The topological polar surface area (TPSA) is 41.8 Å². The quantitative estimate of drug-likeness (QED) is 0.370. The first kappa shape index (κ1) is 12.8. The van der Waals surface area contributed by atoms with Crippen LogP contribution < -0.4 is 4.74 Å². The van der Waals surface area contributed by atoms with Crippen molar-refractivity contribution >= 4 is 17.3 Å². The molecule has 1 rings (SSSR count). The van der Waals surface area contributed by atoms with Crippen LogP contribution in [0, 0.1) is 0 Å². The van der Waals surface area contributed by atoms with E-state index in [-0.39, 0.29) is 0 Å². The average molecular weight is 242 g/mol. The molecule has 4 heteroatoms. The predicted octanol–water partition coefficient (Wildman–Crippen LogP) is 3.72. The van der Waals surface area contributed by atoms with Crippen LogP contribution in [0.1, 0.15) is 32.3 Å². The number of benzene rings is 1. The third-order valence-electron chi connectivity index (χ3n) is 2.26. The van der Waals surface area contributed by atoms with Crippen LogP contribution in [-0.4, -0.2) is 17.5 Å². The summed E-state index contributed by atoms with van der Waals surface area (Å²) in [6, 6.07) is 5.35. The molecule has 0 unspecified atom stereocenters. The van der Waals surface area contributed by atoms with Crippen molar-refractivity contribution in [1.29, 1.82) is 0 Å². The molecular formula is C12H16ClNO2. The zero-order valence-corrected chi connectivity index (χ0v) is 10.3. The van der Waals surface area contributed by atoms with E-state index in [9.17, 15) is 0 Å². The highest BCUT2D eigenvalue weighted by molar-refractivity contribution is 6.32. The largest absolute Gasteiger partial charge is 0.492 e. The molecule has 0 amide bonds. The number of unbranched alkanes of at least 4 members (excludes halogenated alkanes) is 1. The van der Waals surface area contributed by atoms with Crippen LogP contribution >= 0.6 is 11.6 Å². The lowest BCUT2D eigenvalue weighted by Gasteiger charge is -2.08. The van der Waals surface area contributed by atoms with Gasteiger partial charge in [0.2, 0.25) is 0 Å². The second kappa shape index (κ2) is 6.38. The number of hydrogen-bond acceptors (Lipinski definition) is 3. The molecule has 0 aromatic heterocycles. The van der Waals surface area contributed by atoms with E-state index in [1.165, 1.54) is 0 Å². The third-order valence-corrected chi connectivity index (χ3v) is 2.55. The zero-order valence-electron chi connectivity index (χ0n) is 9.53. The molecule has 0 saturated carbocycles. The Balaban J connectivity index is 2.75. The monoisotopic (exact) mass is 241 g/mol. The predicted molar refractivity (Wildman–Crippen MR) is 65.9 cm³/mol. The highest BCUT2D eigenvalue weighted by atomic mass is 35.5. The van der Waals surface area contributed by atoms with Gasteiger partial charge in [-0.05, 0) is 31.5 Å². The molecule has 0 bridgehead atoms. The smallest absolute Gasteiger partial charge is 0.137 e. The molecule has 88 valence electrons. The Hall–Kier alpha value is -1.22. The van der Waals surface area contributed by atoms with Crippen LogP contribution in [0.2, 0.25) is 5.02 Å². The van der Waals surface area contributed by atoms with Crippen LogP contribution in [0.3, 0.4) is 0 Å². The molecule has 1 N–H and O–H groups in total. The fraction of sp³-hybridized carbons (Fsp3) is 0.417. The van der Waals surface area contributed by atoms with Crippen molar-refractivity contribution in [3.63, 3.8) is 0 Å². The highest BCUT2D eigenvalue weighted by Crippen LogP contribution is 2.25. The summed E-state index contributed by atoms with van der Waals surface area (Å²) < 4.78 is 5.51. The number of rotatable bonds is 5. The van der Waals surface area contributed by atoms with Gasteiger partial charge in [0.25, 0.3) is 0 Å². The standard InChI is InChI=1S/C12H16ClNO2/c1-3-4-7-16-12-6-5-10(8-11(12)13)9(2)14-15/h5-6,8,15H,3-4,7H2,1-2H3/b14-9-. The maximum atomic E-state index is 8.64. The van der Waals surface area contributed by atoms with Crippen molar-refractivity contribution in [3.8, 4) is 5.75 Å². The Morgan fingerprint density at radius 2 is 2.25 bits per heavy atom. The zero-order chi connectivity index (χ0) is 12.0. The second-order valence-electron chi connectivity index (χ2n) is 3.53. The fourth-order valence-corrected chi connectivity index (χ4v) is 1.46. The van der Waals surface area contributed by atoms with Gasteiger partial charge in [-0.2, -0.15) is 0 Å². The Morgan fingerprint density at radius 3 is 2.81 bits per heavy atom. The summed E-state index contributed by atoms with van der Waals surface area (Å²) in [6.07, 6.45) is 2.10. The van der Waals surface area contributed by atoms with E-state index in [0.29, 0.717) is 23.1 Å². The maximum absolute atomic E-state index is 8.64. The molecule has 0 aliphatic heterocycles. The summed E-state index contributed by atoms with van der Waals surface area (Å²) in [7, 11) is 0. The van der Waals surface area contributed by atoms with E-state index in [4.69, 9.17) is 21.5 Å². The minimum atomic E-state index is 0.530. The summed E-state index contributed by atoms with van der Waals surface area (Å²) in [5.41, 5.74) is 1.32. The van der Waals surface area contributed by atoms with Gasteiger partial charge in [0.15, 0.2) is 0 Å². The van der Waals surface area contributed by atoms with E-state index in [1.807, 2.05) is 6.07 Å². The first-order valence-corrected chi connectivity index (χ1v) is 5.68. The molecule has 1 aromatic carbocycles. The lowest BCUT2D eigenvalue weighted by atomic mass is 10.1. The minimum absolute atomic E-state index is 0.530. The van der Waals surface area contributed by atoms with Crippen molar-refractivity contribution < 1.29 is 9.94 Å². The number of ether oxygens (including phenoxy) is 1. The molecule has 0 aliphatic rings. The van der Waals surface area contributed by atoms with Crippen LogP contribution in [0.25, 0.3) is 0 Å². The molecule has 0 radical (unpaired) electrons. The molecule has 0 aliphatic carbocycles. The molecule has 0 saturated heterocycles. The maximum Gasteiger partial charge on any atom is 0.137 e. The molecule has 3 nitrogen and oxygen atoms in total. The van der Waals surface area contributed by atoms with Gasteiger partial charge in [0, 0.05) is 5.56 Å². The van der Waals surface area contributed by atoms with Gasteiger partial charge in [-0.1, -0.05) is 30.1 Å². The van der Waals surface area contributed by atoms with Gasteiger partial charge in [0.05, 0.1) is 17.3 Å². The first-order valence-electron chi connectivity index (χ1n) is 5.30. The Bertz CT molecular complexity index is 377. The first-order chi connectivity index (χ1) is 7.69. The summed E-state index contributed by atoms with van der Waals surface area (Å²) in [6.45, 7) is 4.49. The molecule has 0 heterocycles. The molecule has 16 heavy (non-hydrogen) atoms. The van der Waals surface area contributed by atoms with E-state index in [2.05, 4.69) is 12.1 Å². The van der Waals surface area contributed by atoms with Crippen LogP contribution in [0.4, 0.5) is 0 Å². The molecular weight excluding hydrogens is 226 g/mol. The van der Waals surface area contributed by atoms with Crippen molar-refractivity contribution in [2.45, 2.75) is 26.7 Å². The van der Waals surface area contributed by atoms with Gasteiger partial charge in [-0.25, -0.2) is 0 Å². The molecule has 1 aromatic rings. The van der Waals surface area contributed by atoms with Crippen LogP contribution in [0.15, 0.2) is 23.4 Å². The average Bonchev–Trinajstić information content (AvgIpc) is 2.30. The van der Waals surface area contributed by atoms with E-state index < -0.39 is 0 Å². The number of halogens is 1. The minimum Gasteiger partial charge on any atom is -0.492 e. The van der Waals surface area contributed by atoms with Crippen molar-refractivity contribution in [3.05, 3.63) is 28.8 Å². The Morgan fingerprint density at radius 1 is 1.50 bits per heavy atom. The Labute approximate surface area is 101 Å². The fourth-order valence-electron chi connectivity index (χ4n) is 1.23. The van der Waals surface area contributed by atoms with E-state index in [1.54, 1.807) is 19.1 Å². The second-order valence-corrected chi connectivity index (χ2v) is 3.94. The lowest BCUT2D eigenvalue weighted by molar-refractivity contribution is 0.309. The molecule has 0 spiro atoms. The third kappa shape index (κ3) is 3.42. The summed E-state index contributed by atoms with van der Waals surface area (Å²) in [5.74, 6) is 0.671. The summed E-state index contributed by atoms with van der Waals surface area (Å²) in [5, 5.41) is 12.3. The van der Waals surface area contributed by atoms with Gasteiger partial charge >= 0.3 is 0 Å². The summed E-state index contributed by atoms with van der Waals surface area (Å²) in [4.78, 5) is 0. The van der Waals surface area contributed by atoms with Crippen molar-refractivity contribution in [1.82, 2.24) is 0 Å². The van der Waals surface area contributed by atoms with Gasteiger partial charge in [-0.15, -0.1) is 0 Å². The Kier molecular flexibility index (Phi) is 5.12. The van der Waals surface area contributed by atoms with Gasteiger partial charge < -0.3 is 9.94 Å². The van der Waals surface area contributed by atoms with E-state index in [0.717, 1.165) is 18.4 Å². The van der Waals surface area contributed by atoms with Crippen LogP contribution in [0.5, 0.6) is 5.75 Å². The molecule has 0 fully saturated rings. The van der Waals surface area contributed by atoms with Gasteiger partial charge in [-0.3, -0.25) is 0 Å². The van der Waals surface area contributed by atoms with Crippen molar-refractivity contribution in [2.24, 2.45) is 5.16 Å². The number of oxime groups is 1. The van der Waals surface area contributed by atoms with E-state index >= 15 is 0 Å². The SMILES string of the molecule is CCCCOc1ccc(/C(C)=N\O)cc1Cl. The number of hydrogen-bond donors (Lipinski definition) is 1. The summed E-state index contributed by atoms with van der Waals surface area (Å²) >= 11 is 6.05. The molecule has 0 atom stereocenters. The highest BCUT2D eigenvalue weighted by Gasteiger charge is 2.05.